The van der Waals surface area contributed by atoms with Gasteiger partial charge < -0.3 is 9.64 Å². The number of rotatable bonds is 1. The standard InChI is InChI=1S/C9H16NO.Cr/c1-3-10-6-7-11-8(2)9(10)4-5-9;/h3-7H2,1-2H3;/q-1;. The third-order valence-electron chi connectivity index (χ3n) is 3.05. The maximum Gasteiger partial charge on any atom is 0.0245 e. The zero-order chi connectivity index (χ0) is 7.90. The van der Waals surface area contributed by atoms with E-state index in [0.717, 1.165) is 13.2 Å². The summed E-state index contributed by atoms with van der Waals surface area (Å²) in [6.45, 7) is 7.55. The van der Waals surface area contributed by atoms with Gasteiger partial charge in [0.25, 0.3) is 0 Å². The number of nitrogens with zero attached hydrogens (tertiary/aromatic N) is 1. The number of hydrogen-bond donors (Lipinski definition) is 0. The first-order valence-electron chi connectivity index (χ1n) is 4.51. The Balaban J connectivity index is 0.000000720. The van der Waals surface area contributed by atoms with Crippen LogP contribution in [0.15, 0.2) is 0 Å². The van der Waals surface area contributed by atoms with Crippen LogP contribution in [-0.4, -0.2) is 30.1 Å². The normalized spacial score (nSPS) is 28.5. The predicted molar refractivity (Wildman–Crippen MR) is 44.1 cm³/mol. The molecule has 2 nitrogen and oxygen atoms in total. The monoisotopic (exact) mass is 206 g/mol. The van der Waals surface area contributed by atoms with E-state index in [2.05, 4.69) is 18.7 Å². The predicted octanol–water partition coefficient (Wildman–Crippen LogP) is 1.42. The minimum atomic E-state index is 0. The Kier molecular flexibility index (Phi) is 3.23. The fourth-order valence-electron chi connectivity index (χ4n) is 2.13. The molecule has 2 fully saturated rings. The Bertz CT molecular complexity index is 159. The van der Waals surface area contributed by atoms with Crippen molar-refractivity contribution >= 4 is 0 Å². The first-order chi connectivity index (χ1) is 5.29. The van der Waals surface area contributed by atoms with Crippen molar-refractivity contribution in [1.29, 1.82) is 0 Å². The first-order valence-corrected chi connectivity index (χ1v) is 4.51. The van der Waals surface area contributed by atoms with Gasteiger partial charge >= 0.3 is 0 Å². The Morgan fingerprint density at radius 1 is 1.50 bits per heavy atom. The van der Waals surface area contributed by atoms with Crippen molar-refractivity contribution in [3.63, 3.8) is 0 Å². The number of morpholine rings is 1. The van der Waals surface area contributed by atoms with Gasteiger partial charge in [-0.2, -0.15) is 13.0 Å². The van der Waals surface area contributed by atoms with E-state index in [-0.39, 0.29) is 17.4 Å². The van der Waals surface area contributed by atoms with Gasteiger partial charge in [-0.05, 0) is 6.54 Å². The first kappa shape index (κ1) is 10.5. The van der Waals surface area contributed by atoms with Gasteiger partial charge in [0.05, 0.1) is 0 Å². The van der Waals surface area contributed by atoms with E-state index in [1.807, 2.05) is 0 Å². The van der Waals surface area contributed by atoms with Gasteiger partial charge in [0.15, 0.2) is 0 Å². The van der Waals surface area contributed by atoms with Gasteiger partial charge in [-0.1, -0.05) is 25.3 Å². The molecule has 0 aromatic heterocycles. The molecule has 0 N–H and O–H groups in total. The molecule has 1 spiro atoms. The quantitative estimate of drug-likeness (QED) is 0.602. The zero-order valence-corrected chi connectivity index (χ0v) is 9.07. The SMILES string of the molecule is CCN1CCO[C-](C)C12CC2.[Cr]. The molecule has 1 aliphatic heterocycles. The van der Waals surface area contributed by atoms with Crippen molar-refractivity contribution in [3.8, 4) is 0 Å². The second-order valence-electron chi connectivity index (χ2n) is 3.52. The van der Waals surface area contributed by atoms with Crippen LogP contribution in [0.5, 0.6) is 0 Å². The summed E-state index contributed by atoms with van der Waals surface area (Å²) < 4.78 is 5.56. The molecule has 0 unspecified atom stereocenters. The maximum atomic E-state index is 5.56. The van der Waals surface area contributed by atoms with E-state index < -0.39 is 0 Å². The van der Waals surface area contributed by atoms with Gasteiger partial charge in [-0.3, -0.25) is 0 Å². The average molecular weight is 206 g/mol. The van der Waals surface area contributed by atoms with Gasteiger partial charge in [-0.15, -0.1) is 0 Å². The molecule has 0 amide bonds. The Labute approximate surface area is 85.4 Å². The van der Waals surface area contributed by atoms with Crippen LogP contribution < -0.4 is 0 Å². The van der Waals surface area contributed by atoms with Crippen molar-refractivity contribution in [1.82, 2.24) is 4.90 Å². The molecule has 1 heterocycles. The summed E-state index contributed by atoms with van der Waals surface area (Å²) >= 11 is 0. The van der Waals surface area contributed by atoms with Gasteiger partial charge in [-0.25, -0.2) is 0 Å². The molecule has 12 heavy (non-hydrogen) atoms. The van der Waals surface area contributed by atoms with Crippen molar-refractivity contribution < 1.29 is 22.1 Å². The molecule has 0 atom stereocenters. The smallest absolute Gasteiger partial charge is 0.0245 e. The molecule has 0 radical (unpaired) electrons. The Morgan fingerprint density at radius 2 is 2.17 bits per heavy atom. The van der Waals surface area contributed by atoms with Gasteiger partial charge in [0, 0.05) is 30.5 Å². The summed E-state index contributed by atoms with van der Waals surface area (Å²) in [7, 11) is 0. The summed E-state index contributed by atoms with van der Waals surface area (Å²) in [4.78, 5) is 2.55. The summed E-state index contributed by atoms with van der Waals surface area (Å²) in [5.74, 6) is 0. The van der Waals surface area contributed by atoms with Crippen LogP contribution in [-0.2, 0) is 22.1 Å². The van der Waals surface area contributed by atoms with Crippen LogP contribution in [0.4, 0.5) is 0 Å². The molecule has 2 rings (SSSR count). The maximum absolute atomic E-state index is 5.56. The van der Waals surface area contributed by atoms with E-state index in [9.17, 15) is 0 Å². The molecule has 1 saturated carbocycles. The number of hydrogen-bond acceptors (Lipinski definition) is 2. The second-order valence-corrected chi connectivity index (χ2v) is 3.52. The summed E-state index contributed by atoms with van der Waals surface area (Å²) in [6.07, 6.45) is 3.88. The molecule has 0 bridgehead atoms. The molecule has 2 aliphatic rings. The largest absolute Gasteiger partial charge is 0.546 e. The molecule has 1 aliphatic carbocycles. The van der Waals surface area contributed by atoms with Crippen molar-refractivity contribution in [2.45, 2.75) is 32.2 Å². The minimum Gasteiger partial charge on any atom is -0.546 e. The number of ether oxygens (including phenoxy) is 1. The van der Waals surface area contributed by atoms with Crippen LogP contribution in [0.3, 0.4) is 0 Å². The molecular formula is C9H16CrNO-. The fraction of sp³-hybridized carbons (Fsp3) is 0.889. The Morgan fingerprint density at radius 3 is 2.58 bits per heavy atom. The summed E-state index contributed by atoms with van der Waals surface area (Å²) in [5, 5.41) is 0. The van der Waals surface area contributed by atoms with Gasteiger partial charge in [0.1, 0.15) is 0 Å². The van der Waals surface area contributed by atoms with Crippen molar-refractivity contribution in [3.05, 3.63) is 6.10 Å². The molecule has 1 saturated heterocycles. The van der Waals surface area contributed by atoms with Gasteiger partial charge in [0.2, 0.25) is 0 Å². The third-order valence-corrected chi connectivity index (χ3v) is 3.05. The Hall–Kier alpha value is 0.452. The van der Waals surface area contributed by atoms with Crippen LogP contribution in [0.2, 0.25) is 0 Å². The van der Waals surface area contributed by atoms with Crippen LogP contribution in [0.25, 0.3) is 0 Å². The molecule has 0 aromatic carbocycles. The summed E-state index contributed by atoms with van der Waals surface area (Å²) in [5.41, 5.74) is 0.382. The van der Waals surface area contributed by atoms with Crippen LogP contribution in [0.1, 0.15) is 26.7 Å². The zero-order valence-electron chi connectivity index (χ0n) is 7.80. The summed E-state index contributed by atoms with van der Waals surface area (Å²) in [6, 6.07) is 0. The fourth-order valence-corrected chi connectivity index (χ4v) is 2.13. The molecular weight excluding hydrogens is 190 g/mol. The molecule has 70 valence electrons. The van der Waals surface area contributed by atoms with Crippen LogP contribution in [0, 0.1) is 6.10 Å². The second kappa shape index (κ2) is 3.67. The number of likely N-dealkylation sites (N-methyl/N-ethyl adjacent to an activating group) is 1. The topological polar surface area (TPSA) is 12.5 Å². The minimum absolute atomic E-state index is 0. The third kappa shape index (κ3) is 1.44. The van der Waals surface area contributed by atoms with E-state index in [0.29, 0.717) is 5.54 Å². The van der Waals surface area contributed by atoms with Crippen LogP contribution >= 0.6 is 0 Å². The van der Waals surface area contributed by atoms with E-state index in [1.54, 1.807) is 0 Å². The van der Waals surface area contributed by atoms with Crippen molar-refractivity contribution in [2.75, 3.05) is 19.7 Å². The molecule has 3 heteroatoms. The molecule has 0 aromatic rings. The van der Waals surface area contributed by atoms with E-state index in [4.69, 9.17) is 4.74 Å². The van der Waals surface area contributed by atoms with E-state index in [1.165, 1.54) is 25.5 Å². The van der Waals surface area contributed by atoms with E-state index >= 15 is 0 Å². The van der Waals surface area contributed by atoms with Crippen molar-refractivity contribution in [2.24, 2.45) is 0 Å². The average Bonchev–Trinajstić information content (AvgIpc) is 2.77.